The first kappa shape index (κ1) is 17.4. The molecule has 3 rings (SSSR count). The molecule has 0 aliphatic carbocycles. The molecule has 2 aromatic rings. The molecule has 1 aliphatic heterocycles. The lowest BCUT2D eigenvalue weighted by Crippen LogP contribution is -2.29. The number of nitrogens with one attached hydrogen (secondary N) is 1. The molecule has 0 spiro atoms. The molecular weight excluding hydrogens is 366 g/mol. The zero-order valence-corrected chi connectivity index (χ0v) is 14.5. The highest BCUT2D eigenvalue weighted by atomic mass is 35.5. The van der Waals surface area contributed by atoms with Gasteiger partial charge in [-0.25, -0.2) is 12.7 Å². The minimum absolute atomic E-state index is 0.0610. The number of sulfonamides is 1. The molecule has 2 amide bonds. The van der Waals surface area contributed by atoms with Gasteiger partial charge in [0.2, 0.25) is 15.9 Å². The van der Waals surface area contributed by atoms with E-state index in [1.54, 1.807) is 18.3 Å². The number of aromatic nitrogens is 1. The van der Waals surface area contributed by atoms with Gasteiger partial charge in [-0.3, -0.25) is 14.6 Å². The third kappa shape index (κ3) is 3.64. The number of rotatable bonds is 4. The first-order valence-corrected chi connectivity index (χ1v) is 9.41. The van der Waals surface area contributed by atoms with Crippen LogP contribution in [-0.2, 0) is 21.4 Å². The number of carbonyl (C=O) groups is 2. The van der Waals surface area contributed by atoms with E-state index in [4.69, 9.17) is 11.6 Å². The molecule has 0 unspecified atom stereocenters. The van der Waals surface area contributed by atoms with Crippen LogP contribution in [0, 0.1) is 0 Å². The van der Waals surface area contributed by atoms with Crippen LogP contribution in [0.15, 0.2) is 42.6 Å². The molecule has 1 N–H and O–H groups in total. The van der Waals surface area contributed by atoms with Gasteiger partial charge in [-0.2, -0.15) is 0 Å². The van der Waals surface area contributed by atoms with Crippen LogP contribution >= 0.6 is 11.6 Å². The highest BCUT2D eigenvalue weighted by molar-refractivity contribution is 7.94. The first-order chi connectivity index (χ1) is 11.9. The summed E-state index contributed by atoms with van der Waals surface area (Å²) in [5.74, 6) is -1.16. The number of anilines is 1. The smallest absolute Gasteiger partial charge is 0.253 e. The second-order valence-corrected chi connectivity index (χ2v) is 7.74. The number of carbonyl (C=O) groups excluding carboxylic acids is 2. The van der Waals surface area contributed by atoms with Crippen molar-refractivity contribution in [3.05, 3.63) is 58.9 Å². The third-order valence-corrected chi connectivity index (χ3v) is 5.67. The number of amides is 2. The Kier molecular flexibility index (Phi) is 4.73. The molecule has 7 nitrogen and oxygen atoms in total. The van der Waals surface area contributed by atoms with Crippen molar-refractivity contribution in [2.24, 2.45) is 0 Å². The standard InChI is InChI=1S/C16H14ClN3O4S/c17-14-9-12(20-15(21)6-8-25(20,23)24)4-5-13(14)16(22)19-10-11-3-1-2-7-18-11/h1-5,7,9H,6,8,10H2,(H,19,22). The van der Waals surface area contributed by atoms with Crippen LogP contribution in [0.25, 0.3) is 0 Å². The van der Waals surface area contributed by atoms with Crippen LogP contribution in [0.5, 0.6) is 0 Å². The van der Waals surface area contributed by atoms with Crippen LogP contribution in [0.2, 0.25) is 5.02 Å². The molecule has 1 saturated heterocycles. The van der Waals surface area contributed by atoms with E-state index in [0.717, 1.165) is 4.31 Å². The maximum absolute atomic E-state index is 12.2. The van der Waals surface area contributed by atoms with Gasteiger partial charge in [0.1, 0.15) is 0 Å². The summed E-state index contributed by atoms with van der Waals surface area (Å²) in [6.45, 7) is 0.233. The van der Waals surface area contributed by atoms with E-state index in [0.29, 0.717) is 5.69 Å². The van der Waals surface area contributed by atoms with Gasteiger partial charge < -0.3 is 5.32 Å². The minimum Gasteiger partial charge on any atom is -0.346 e. The first-order valence-electron chi connectivity index (χ1n) is 7.42. The normalized spacial score (nSPS) is 16.0. The van der Waals surface area contributed by atoms with Crippen LogP contribution in [0.4, 0.5) is 5.69 Å². The maximum Gasteiger partial charge on any atom is 0.253 e. The van der Waals surface area contributed by atoms with Crippen molar-refractivity contribution >= 4 is 39.1 Å². The van der Waals surface area contributed by atoms with Gasteiger partial charge in [0, 0.05) is 12.6 Å². The summed E-state index contributed by atoms with van der Waals surface area (Å²) in [5.41, 5.74) is 1.01. The molecule has 9 heteroatoms. The second kappa shape index (κ2) is 6.81. The third-order valence-electron chi connectivity index (χ3n) is 3.67. The summed E-state index contributed by atoms with van der Waals surface area (Å²) < 4.78 is 24.6. The van der Waals surface area contributed by atoms with E-state index in [1.165, 1.54) is 18.2 Å². The Morgan fingerprint density at radius 3 is 2.68 bits per heavy atom. The number of nitrogens with zero attached hydrogens (tertiary/aromatic N) is 2. The Labute approximate surface area is 149 Å². The molecule has 1 aliphatic rings. The fourth-order valence-electron chi connectivity index (χ4n) is 2.45. The van der Waals surface area contributed by atoms with Crippen molar-refractivity contribution < 1.29 is 18.0 Å². The van der Waals surface area contributed by atoms with E-state index in [2.05, 4.69) is 10.3 Å². The Morgan fingerprint density at radius 2 is 2.08 bits per heavy atom. The quantitative estimate of drug-likeness (QED) is 0.872. The highest BCUT2D eigenvalue weighted by Gasteiger charge is 2.36. The van der Waals surface area contributed by atoms with E-state index in [-0.39, 0.29) is 35.0 Å². The van der Waals surface area contributed by atoms with Gasteiger partial charge in [0.15, 0.2) is 0 Å². The predicted molar refractivity (Wildman–Crippen MR) is 92.7 cm³/mol. The zero-order valence-electron chi connectivity index (χ0n) is 13.0. The Hall–Kier alpha value is -2.45. The number of halogens is 1. The molecular formula is C16H14ClN3O4S. The van der Waals surface area contributed by atoms with E-state index < -0.39 is 21.8 Å². The number of hydrogen-bond acceptors (Lipinski definition) is 5. The van der Waals surface area contributed by atoms with E-state index >= 15 is 0 Å². The van der Waals surface area contributed by atoms with Gasteiger partial charge in [0.05, 0.1) is 34.3 Å². The largest absolute Gasteiger partial charge is 0.346 e. The fourth-order valence-corrected chi connectivity index (χ4v) is 4.16. The lowest BCUT2D eigenvalue weighted by Gasteiger charge is -2.16. The summed E-state index contributed by atoms with van der Waals surface area (Å²) in [6.07, 6.45) is 1.56. The minimum atomic E-state index is -3.67. The summed E-state index contributed by atoms with van der Waals surface area (Å²) in [4.78, 5) is 28.1. The molecule has 0 radical (unpaired) electrons. The lowest BCUT2D eigenvalue weighted by atomic mass is 10.2. The van der Waals surface area contributed by atoms with Crippen LogP contribution < -0.4 is 9.62 Å². The van der Waals surface area contributed by atoms with Crippen molar-refractivity contribution in [1.82, 2.24) is 10.3 Å². The fraction of sp³-hybridized carbons (Fsp3) is 0.188. The molecule has 1 aromatic heterocycles. The molecule has 1 fully saturated rings. The number of hydrogen-bond donors (Lipinski definition) is 1. The van der Waals surface area contributed by atoms with Crippen LogP contribution in [0.3, 0.4) is 0 Å². The summed E-state index contributed by atoms with van der Waals surface area (Å²) >= 11 is 6.12. The molecule has 130 valence electrons. The lowest BCUT2D eigenvalue weighted by molar-refractivity contribution is -0.116. The van der Waals surface area contributed by atoms with Gasteiger partial charge in [-0.05, 0) is 30.3 Å². The predicted octanol–water partition coefficient (Wildman–Crippen LogP) is 1.73. The topological polar surface area (TPSA) is 96.4 Å². The maximum atomic E-state index is 12.2. The van der Waals surface area contributed by atoms with E-state index in [9.17, 15) is 18.0 Å². The molecule has 2 heterocycles. The Balaban J connectivity index is 1.78. The zero-order chi connectivity index (χ0) is 18.0. The molecule has 0 saturated carbocycles. The van der Waals surface area contributed by atoms with Gasteiger partial charge >= 0.3 is 0 Å². The monoisotopic (exact) mass is 379 g/mol. The molecule has 1 aromatic carbocycles. The summed E-state index contributed by atoms with van der Waals surface area (Å²) in [6, 6.07) is 9.44. The molecule has 25 heavy (non-hydrogen) atoms. The van der Waals surface area contributed by atoms with Crippen molar-refractivity contribution in [2.75, 3.05) is 10.1 Å². The van der Waals surface area contributed by atoms with E-state index in [1.807, 2.05) is 6.07 Å². The second-order valence-electron chi connectivity index (χ2n) is 5.39. The van der Waals surface area contributed by atoms with Crippen molar-refractivity contribution in [1.29, 1.82) is 0 Å². The van der Waals surface area contributed by atoms with Crippen molar-refractivity contribution in [3.63, 3.8) is 0 Å². The van der Waals surface area contributed by atoms with Crippen LogP contribution in [-0.4, -0.2) is 31.0 Å². The van der Waals surface area contributed by atoms with Gasteiger partial charge in [0.25, 0.3) is 5.91 Å². The average molecular weight is 380 g/mol. The SMILES string of the molecule is O=C(NCc1ccccn1)c1ccc(N2C(=O)CCS2(=O)=O)cc1Cl. The Bertz CT molecular complexity index is 932. The van der Waals surface area contributed by atoms with Crippen molar-refractivity contribution in [2.45, 2.75) is 13.0 Å². The number of benzene rings is 1. The summed E-state index contributed by atoms with van der Waals surface area (Å²) in [7, 11) is -3.67. The van der Waals surface area contributed by atoms with Gasteiger partial charge in [-0.15, -0.1) is 0 Å². The molecule has 0 atom stereocenters. The van der Waals surface area contributed by atoms with Gasteiger partial charge in [-0.1, -0.05) is 17.7 Å². The average Bonchev–Trinajstić information content (AvgIpc) is 2.86. The highest BCUT2D eigenvalue weighted by Crippen LogP contribution is 2.29. The summed E-state index contributed by atoms with van der Waals surface area (Å²) in [5, 5.41) is 2.75. The Morgan fingerprint density at radius 1 is 1.28 bits per heavy atom. The van der Waals surface area contributed by atoms with Crippen LogP contribution in [0.1, 0.15) is 22.5 Å². The van der Waals surface area contributed by atoms with Crippen molar-refractivity contribution in [3.8, 4) is 0 Å². The number of pyridine rings is 1. The molecule has 0 bridgehead atoms.